The number of carbonyl (C=O) groups excluding carboxylic acids is 2. The van der Waals surface area contributed by atoms with Gasteiger partial charge in [-0.2, -0.15) is 0 Å². The van der Waals surface area contributed by atoms with Crippen molar-refractivity contribution in [3.63, 3.8) is 0 Å². The third kappa shape index (κ3) is 5.06. The first kappa shape index (κ1) is 19.9. The van der Waals surface area contributed by atoms with E-state index in [-0.39, 0.29) is 27.3 Å². The zero-order valence-corrected chi connectivity index (χ0v) is 16.1. The van der Waals surface area contributed by atoms with Gasteiger partial charge in [-0.25, -0.2) is 8.42 Å². The van der Waals surface area contributed by atoms with Gasteiger partial charge >= 0.3 is 0 Å². The third-order valence-corrected chi connectivity index (χ3v) is 4.96. The summed E-state index contributed by atoms with van der Waals surface area (Å²) in [6.07, 6.45) is 1.07. The third-order valence-electron chi connectivity index (χ3n) is 3.53. The molecule has 0 saturated heterocycles. The van der Waals surface area contributed by atoms with Crippen molar-refractivity contribution in [3.05, 3.63) is 53.1 Å². The summed E-state index contributed by atoms with van der Waals surface area (Å²) in [4.78, 5) is 24.1. The second kappa shape index (κ2) is 7.88. The summed E-state index contributed by atoms with van der Waals surface area (Å²) in [5.41, 5.74) is 1.07. The van der Waals surface area contributed by atoms with Gasteiger partial charge in [-0.05, 0) is 36.4 Å². The standard InChI is InChI=1S/C18H19ClN2O4S/c1-11(2)17(22)20-13-7-8-16(15(19)10-13)21-18(23)12-5-4-6-14(9-12)26(3,24)25/h4-11H,1-3H3,(H,20,22)(H,21,23). The average molecular weight is 395 g/mol. The molecule has 0 aliphatic carbocycles. The summed E-state index contributed by atoms with van der Waals surface area (Å²) in [7, 11) is -3.41. The van der Waals surface area contributed by atoms with E-state index < -0.39 is 15.7 Å². The molecule has 0 atom stereocenters. The normalized spacial score (nSPS) is 11.3. The van der Waals surface area contributed by atoms with Gasteiger partial charge in [0.25, 0.3) is 5.91 Å². The number of amides is 2. The minimum absolute atomic E-state index is 0.0583. The molecule has 138 valence electrons. The van der Waals surface area contributed by atoms with Gasteiger partial charge < -0.3 is 10.6 Å². The van der Waals surface area contributed by atoms with Crippen LogP contribution in [0.15, 0.2) is 47.4 Å². The van der Waals surface area contributed by atoms with Crippen LogP contribution in [0.2, 0.25) is 5.02 Å². The van der Waals surface area contributed by atoms with E-state index in [0.29, 0.717) is 11.4 Å². The molecule has 2 aromatic rings. The molecule has 2 rings (SSSR count). The van der Waals surface area contributed by atoms with Crippen LogP contribution >= 0.6 is 11.6 Å². The van der Waals surface area contributed by atoms with Crippen molar-refractivity contribution >= 4 is 44.6 Å². The highest BCUT2D eigenvalue weighted by molar-refractivity contribution is 7.90. The number of halogens is 1. The Labute approximate surface area is 157 Å². The van der Waals surface area contributed by atoms with Crippen LogP contribution in [-0.4, -0.2) is 26.5 Å². The van der Waals surface area contributed by atoms with Crippen LogP contribution in [0.4, 0.5) is 11.4 Å². The highest BCUT2D eigenvalue weighted by Gasteiger charge is 2.14. The molecule has 0 bridgehead atoms. The number of benzene rings is 2. The van der Waals surface area contributed by atoms with Gasteiger partial charge in [-0.3, -0.25) is 9.59 Å². The van der Waals surface area contributed by atoms with E-state index in [1.54, 1.807) is 26.0 Å². The highest BCUT2D eigenvalue weighted by Crippen LogP contribution is 2.26. The van der Waals surface area contributed by atoms with Gasteiger partial charge in [0, 0.05) is 23.4 Å². The largest absolute Gasteiger partial charge is 0.326 e. The molecule has 26 heavy (non-hydrogen) atoms. The van der Waals surface area contributed by atoms with Crippen LogP contribution in [0.1, 0.15) is 24.2 Å². The number of nitrogens with one attached hydrogen (secondary N) is 2. The van der Waals surface area contributed by atoms with Gasteiger partial charge in [0.15, 0.2) is 9.84 Å². The number of hydrogen-bond donors (Lipinski definition) is 2. The second-order valence-corrected chi connectivity index (χ2v) is 8.52. The molecule has 0 aliphatic heterocycles. The molecule has 0 heterocycles. The van der Waals surface area contributed by atoms with Gasteiger partial charge in [0.1, 0.15) is 0 Å². The maximum Gasteiger partial charge on any atom is 0.255 e. The Morgan fingerprint density at radius 2 is 1.73 bits per heavy atom. The Morgan fingerprint density at radius 1 is 1.04 bits per heavy atom. The van der Waals surface area contributed by atoms with Gasteiger partial charge in [-0.1, -0.05) is 31.5 Å². The van der Waals surface area contributed by atoms with E-state index in [0.717, 1.165) is 6.26 Å². The lowest BCUT2D eigenvalue weighted by molar-refractivity contribution is -0.118. The summed E-state index contributed by atoms with van der Waals surface area (Å²) in [6.45, 7) is 3.55. The topological polar surface area (TPSA) is 92.3 Å². The Bertz CT molecular complexity index is 955. The van der Waals surface area contributed by atoms with Crippen LogP contribution in [0.5, 0.6) is 0 Å². The molecule has 0 radical (unpaired) electrons. The minimum atomic E-state index is -3.41. The number of hydrogen-bond acceptors (Lipinski definition) is 4. The van der Waals surface area contributed by atoms with E-state index in [4.69, 9.17) is 11.6 Å². The first-order valence-electron chi connectivity index (χ1n) is 7.80. The fourth-order valence-corrected chi connectivity index (χ4v) is 2.94. The predicted octanol–water partition coefficient (Wildman–Crippen LogP) is 3.59. The molecular formula is C18H19ClN2O4S. The number of anilines is 2. The molecule has 6 nitrogen and oxygen atoms in total. The maximum absolute atomic E-state index is 12.4. The van der Waals surface area contributed by atoms with Crippen LogP contribution in [-0.2, 0) is 14.6 Å². The van der Waals surface area contributed by atoms with Gasteiger partial charge in [0.05, 0.1) is 15.6 Å². The van der Waals surface area contributed by atoms with Gasteiger partial charge in [-0.15, -0.1) is 0 Å². The molecule has 0 spiro atoms. The smallest absolute Gasteiger partial charge is 0.255 e. The lowest BCUT2D eigenvalue weighted by Crippen LogP contribution is -2.18. The Balaban J connectivity index is 2.18. The summed E-state index contributed by atoms with van der Waals surface area (Å²) < 4.78 is 23.2. The fourth-order valence-electron chi connectivity index (χ4n) is 2.04. The van der Waals surface area contributed by atoms with Crippen molar-refractivity contribution in [1.29, 1.82) is 0 Å². The van der Waals surface area contributed by atoms with Crippen molar-refractivity contribution in [3.8, 4) is 0 Å². The van der Waals surface area contributed by atoms with E-state index >= 15 is 0 Å². The molecule has 0 aliphatic rings. The van der Waals surface area contributed by atoms with E-state index in [1.165, 1.54) is 30.3 Å². The van der Waals surface area contributed by atoms with Crippen molar-refractivity contribution in [2.45, 2.75) is 18.7 Å². The molecule has 2 N–H and O–H groups in total. The number of carbonyl (C=O) groups is 2. The molecule has 0 fully saturated rings. The van der Waals surface area contributed by atoms with Crippen molar-refractivity contribution in [1.82, 2.24) is 0 Å². The first-order valence-corrected chi connectivity index (χ1v) is 10.1. The van der Waals surface area contributed by atoms with E-state index in [2.05, 4.69) is 10.6 Å². The summed E-state index contributed by atoms with van der Waals surface area (Å²) in [6, 6.07) is 10.4. The SMILES string of the molecule is CC(C)C(=O)Nc1ccc(NC(=O)c2cccc(S(C)(=O)=O)c2)c(Cl)c1. The van der Waals surface area contributed by atoms with Crippen LogP contribution in [0.25, 0.3) is 0 Å². The lowest BCUT2D eigenvalue weighted by Gasteiger charge is -2.11. The van der Waals surface area contributed by atoms with Crippen molar-refractivity contribution in [2.24, 2.45) is 5.92 Å². The molecule has 2 aromatic carbocycles. The van der Waals surface area contributed by atoms with E-state index in [9.17, 15) is 18.0 Å². The van der Waals surface area contributed by atoms with Crippen LogP contribution in [0, 0.1) is 5.92 Å². The summed E-state index contributed by atoms with van der Waals surface area (Å²) in [5, 5.41) is 5.59. The predicted molar refractivity (Wildman–Crippen MR) is 102 cm³/mol. The highest BCUT2D eigenvalue weighted by atomic mass is 35.5. The summed E-state index contributed by atoms with van der Waals surface area (Å²) >= 11 is 6.17. The Kier molecular flexibility index (Phi) is 6.05. The summed E-state index contributed by atoms with van der Waals surface area (Å²) in [5.74, 6) is -0.804. The van der Waals surface area contributed by atoms with Gasteiger partial charge in [0.2, 0.25) is 5.91 Å². The zero-order chi connectivity index (χ0) is 19.5. The minimum Gasteiger partial charge on any atom is -0.326 e. The fraction of sp³-hybridized carbons (Fsp3) is 0.222. The number of rotatable bonds is 5. The molecule has 0 aromatic heterocycles. The van der Waals surface area contributed by atoms with E-state index in [1.807, 2.05) is 0 Å². The number of sulfone groups is 1. The average Bonchev–Trinajstić information content (AvgIpc) is 2.56. The second-order valence-electron chi connectivity index (χ2n) is 6.09. The van der Waals surface area contributed by atoms with Crippen molar-refractivity contribution < 1.29 is 18.0 Å². The zero-order valence-electron chi connectivity index (χ0n) is 14.5. The Hall–Kier alpha value is -2.38. The maximum atomic E-state index is 12.4. The monoisotopic (exact) mass is 394 g/mol. The van der Waals surface area contributed by atoms with Crippen LogP contribution < -0.4 is 10.6 Å². The molecular weight excluding hydrogens is 376 g/mol. The van der Waals surface area contributed by atoms with Crippen molar-refractivity contribution in [2.75, 3.05) is 16.9 Å². The molecule has 8 heteroatoms. The quantitative estimate of drug-likeness (QED) is 0.810. The molecule has 0 saturated carbocycles. The molecule has 2 amide bonds. The Morgan fingerprint density at radius 3 is 2.31 bits per heavy atom. The molecule has 0 unspecified atom stereocenters. The first-order chi connectivity index (χ1) is 12.1. The van der Waals surface area contributed by atoms with Crippen LogP contribution in [0.3, 0.4) is 0 Å². The lowest BCUT2D eigenvalue weighted by atomic mass is 10.2.